The van der Waals surface area contributed by atoms with Crippen molar-refractivity contribution in [3.8, 4) is 11.3 Å². The number of nitrogens with zero attached hydrogens (tertiary/aromatic N) is 2. The lowest BCUT2D eigenvalue weighted by molar-refractivity contribution is 0.467. The number of anilines is 2. The van der Waals surface area contributed by atoms with E-state index in [1.165, 1.54) is 15.6 Å². The van der Waals surface area contributed by atoms with Crippen LogP contribution in [0.1, 0.15) is 5.56 Å². The third-order valence-corrected chi connectivity index (χ3v) is 7.17. The quantitative estimate of drug-likeness (QED) is 0.424. The van der Waals surface area contributed by atoms with E-state index in [0.29, 0.717) is 6.54 Å². The van der Waals surface area contributed by atoms with E-state index in [2.05, 4.69) is 10.3 Å². The zero-order valence-electron chi connectivity index (χ0n) is 16.4. The highest BCUT2D eigenvalue weighted by molar-refractivity contribution is 7.89. The van der Waals surface area contributed by atoms with Crippen molar-refractivity contribution in [2.45, 2.75) is 11.4 Å². The predicted octanol–water partition coefficient (Wildman–Crippen LogP) is 5.37. The summed E-state index contributed by atoms with van der Waals surface area (Å²) < 4.78 is 27.5. The highest BCUT2D eigenvalue weighted by Gasteiger charge is 2.21. The van der Waals surface area contributed by atoms with Crippen molar-refractivity contribution in [1.29, 1.82) is 0 Å². The van der Waals surface area contributed by atoms with Gasteiger partial charge >= 0.3 is 0 Å². The first-order chi connectivity index (χ1) is 14.5. The standard InChI is InChI=1S/C23H21N3O2S2/c1-26(16-18-9-4-2-5-10-18)30(27,28)21-14-8-11-19(15-21)22-17-29-23(25-22)24-20-12-6-3-7-13-20/h2-15,17H,16H2,1H3,(H,24,25). The van der Waals surface area contributed by atoms with Gasteiger partial charge in [0.1, 0.15) is 0 Å². The Labute approximate surface area is 180 Å². The molecule has 5 nitrogen and oxygen atoms in total. The summed E-state index contributed by atoms with van der Waals surface area (Å²) in [7, 11) is -2.02. The smallest absolute Gasteiger partial charge is 0.243 e. The molecule has 0 aliphatic heterocycles. The van der Waals surface area contributed by atoms with Crippen LogP contribution in [0.15, 0.2) is 95.2 Å². The molecule has 7 heteroatoms. The van der Waals surface area contributed by atoms with Crippen molar-refractivity contribution in [2.75, 3.05) is 12.4 Å². The molecule has 0 fully saturated rings. The van der Waals surface area contributed by atoms with Crippen molar-refractivity contribution in [2.24, 2.45) is 0 Å². The van der Waals surface area contributed by atoms with Crippen LogP contribution in [-0.2, 0) is 16.6 Å². The van der Waals surface area contributed by atoms with E-state index < -0.39 is 10.0 Å². The zero-order chi connectivity index (χ0) is 21.0. The van der Waals surface area contributed by atoms with Gasteiger partial charge in [-0.25, -0.2) is 13.4 Å². The third-order valence-electron chi connectivity index (χ3n) is 4.62. The van der Waals surface area contributed by atoms with Gasteiger partial charge in [0.25, 0.3) is 0 Å². The summed E-state index contributed by atoms with van der Waals surface area (Å²) in [5, 5.41) is 5.94. The molecule has 0 bridgehead atoms. The average Bonchev–Trinajstić information content (AvgIpc) is 3.24. The van der Waals surface area contributed by atoms with Crippen LogP contribution < -0.4 is 5.32 Å². The molecule has 0 spiro atoms. The van der Waals surface area contributed by atoms with E-state index in [1.807, 2.05) is 72.1 Å². The van der Waals surface area contributed by atoms with Crippen LogP contribution in [0.4, 0.5) is 10.8 Å². The average molecular weight is 436 g/mol. The topological polar surface area (TPSA) is 62.3 Å². The van der Waals surface area contributed by atoms with Gasteiger partial charge in [-0.1, -0.05) is 60.7 Å². The Bertz CT molecular complexity index is 1220. The van der Waals surface area contributed by atoms with Crippen LogP contribution in [0.25, 0.3) is 11.3 Å². The Morgan fingerprint density at radius 2 is 1.63 bits per heavy atom. The lowest BCUT2D eigenvalue weighted by Crippen LogP contribution is -2.26. The van der Waals surface area contributed by atoms with Crippen LogP contribution in [-0.4, -0.2) is 24.8 Å². The highest BCUT2D eigenvalue weighted by Crippen LogP contribution is 2.29. The van der Waals surface area contributed by atoms with E-state index >= 15 is 0 Å². The number of thiazole rings is 1. The van der Waals surface area contributed by atoms with Crippen molar-refractivity contribution < 1.29 is 8.42 Å². The number of sulfonamides is 1. The summed E-state index contributed by atoms with van der Waals surface area (Å²) >= 11 is 1.48. The monoisotopic (exact) mass is 435 g/mol. The highest BCUT2D eigenvalue weighted by atomic mass is 32.2. The molecule has 0 radical (unpaired) electrons. The molecule has 4 aromatic rings. The summed E-state index contributed by atoms with van der Waals surface area (Å²) in [5.74, 6) is 0. The molecule has 0 atom stereocenters. The number of rotatable bonds is 7. The molecule has 3 aromatic carbocycles. The lowest BCUT2D eigenvalue weighted by atomic mass is 10.2. The maximum atomic E-state index is 13.1. The molecule has 1 aromatic heterocycles. The molecule has 1 heterocycles. The first-order valence-corrected chi connectivity index (χ1v) is 11.7. The van der Waals surface area contributed by atoms with Gasteiger partial charge in [0.15, 0.2) is 5.13 Å². The van der Waals surface area contributed by atoms with Crippen molar-refractivity contribution in [3.63, 3.8) is 0 Å². The molecule has 30 heavy (non-hydrogen) atoms. The lowest BCUT2D eigenvalue weighted by Gasteiger charge is -2.17. The second kappa shape index (κ2) is 8.79. The van der Waals surface area contributed by atoms with Gasteiger partial charge in [0.2, 0.25) is 10.0 Å². The molecule has 0 aliphatic carbocycles. The molecule has 152 valence electrons. The van der Waals surface area contributed by atoms with Crippen LogP contribution in [0.5, 0.6) is 0 Å². The van der Waals surface area contributed by atoms with E-state index in [9.17, 15) is 8.42 Å². The van der Waals surface area contributed by atoms with Crippen LogP contribution in [0.2, 0.25) is 0 Å². The molecule has 0 amide bonds. The predicted molar refractivity (Wildman–Crippen MR) is 122 cm³/mol. The molecule has 1 N–H and O–H groups in total. The van der Waals surface area contributed by atoms with Gasteiger partial charge in [-0.05, 0) is 29.8 Å². The van der Waals surface area contributed by atoms with E-state index in [0.717, 1.165) is 27.6 Å². The normalized spacial score (nSPS) is 11.5. The van der Waals surface area contributed by atoms with Gasteiger partial charge in [0, 0.05) is 30.2 Å². The fraction of sp³-hybridized carbons (Fsp3) is 0.0870. The van der Waals surface area contributed by atoms with Gasteiger partial charge in [-0.2, -0.15) is 4.31 Å². The van der Waals surface area contributed by atoms with E-state index in [1.54, 1.807) is 25.2 Å². The fourth-order valence-corrected chi connectivity index (χ4v) is 4.98. The van der Waals surface area contributed by atoms with E-state index in [4.69, 9.17) is 0 Å². The maximum Gasteiger partial charge on any atom is 0.243 e. The Kier molecular flexibility index (Phi) is 5.94. The van der Waals surface area contributed by atoms with Crippen molar-refractivity contribution in [3.05, 3.63) is 95.9 Å². The van der Waals surface area contributed by atoms with Gasteiger partial charge in [0.05, 0.1) is 10.6 Å². The van der Waals surface area contributed by atoms with Crippen LogP contribution in [0, 0.1) is 0 Å². The Balaban J connectivity index is 1.55. The van der Waals surface area contributed by atoms with Crippen molar-refractivity contribution >= 4 is 32.2 Å². The second-order valence-corrected chi connectivity index (χ2v) is 9.71. The molecule has 0 saturated heterocycles. The Hall–Kier alpha value is -3.00. The minimum atomic E-state index is -3.62. The molecular formula is C23H21N3O2S2. The number of hydrogen-bond donors (Lipinski definition) is 1. The van der Waals surface area contributed by atoms with Gasteiger partial charge < -0.3 is 5.32 Å². The SMILES string of the molecule is CN(Cc1ccccc1)S(=O)(=O)c1cccc(-c2csc(Nc3ccccc3)n2)c1. The van der Waals surface area contributed by atoms with Crippen molar-refractivity contribution in [1.82, 2.24) is 9.29 Å². The largest absolute Gasteiger partial charge is 0.332 e. The maximum absolute atomic E-state index is 13.1. The molecule has 4 rings (SSSR count). The molecular weight excluding hydrogens is 414 g/mol. The van der Waals surface area contributed by atoms with Gasteiger partial charge in [-0.3, -0.25) is 0 Å². The zero-order valence-corrected chi connectivity index (χ0v) is 18.0. The summed E-state index contributed by atoms with van der Waals surface area (Å²) in [6, 6.07) is 26.3. The number of para-hydroxylation sites is 1. The number of aromatic nitrogens is 1. The number of nitrogens with one attached hydrogen (secondary N) is 1. The minimum absolute atomic E-state index is 0.254. The first kappa shape index (κ1) is 20.3. The number of benzene rings is 3. The summed E-state index contributed by atoms with van der Waals surface area (Å²) in [6.07, 6.45) is 0. The molecule has 0 unspecified atom stereocenters. The summed E-state index contributed by atoms with van der Waals surface area (Å²) in [6.45, 7) is 0.315. The first-order valence-electron chi connectivity index (χ1n) is 9.41. The summed E-state index contributed by atoms with van der Waals surface area (Å²) in [4.78, 5) is 4.86. The van der Waals surface area contributed by atoms with Crippen LogP contribution in [0.3, 0.4) is 0 Å². The van der Waals surface area contributed by atoms with E-state index in [-0.39, 0.29) is 4.90 Å². The number of hydrogen-bond acceptors (Lipinski definition) is 5. The third kappa shape index (κ3) is 4.59. The molecule has 0 aliphatic rings. The Morgan fingerprint density at radius 3 is 2.37 bits per heavy atom. The minimum Gasteiger partial charge on any atom is -0.332 e. The van der Waals surface area contributed by atoms with Crippen LogP contribution >= 0.6 is 11.3 Å². The Morgan fingerprint density at radius 1 is 0.933 bits per heavy atom. The summed E-state index contributed by atoms with van der Waals surface area (Å²) in [5.41, 5.74) is 3.40. The van der Waals surface area contributed by atoms with Gasteiger partial charge in [-0.15, -0.1) is 11.3 Å². The molecule has 0 saturated carbocycles. The second-order valence-electron chi connectivity index (χ2n) is 6.80. The fourth-order valence-electron chi connectivity index (χ4n) is 3.03.